The van der Waals surface area contributed by atoms with E-state index in [-0.39, 0.29) is 36.0 Å². The summed E-state index contributed by atoms with van der Waals surface area (Å²) in [6, 6.07) is 30.5. The van der Waals surface area contributed by atoms with Crippen molar-refractivity contribution in [3.8, 4) is 28.0 Å². The number of halogens is 3. The van der Waals surface area contributed by atoms with Gasteiger partial charge in [-0.15, -0.1) is 24.8 Å². The zero-order chi connectivity index (χ0) is 33.7. The van der Waals surface area contributed by atoms with E-state index in [1.807, 2.05) is 6.07 Å². The summed E-state index contributed by atoms with van der Waals surface area (Å²) < 4.78 is 24.2. The molecule has 7 heteroatoms. The number of hydrogen-bond donors (Lipinski definition) is 0. The Morgan fingerprint density at radius 2 is 1.40 bits per heavy atom. The van der Waals surface area contributed by atoms with Crippen molar-refractivity contribution in [2.45, 2.75) is 94.1 Å². The van der Waals surface area contributed by atoms with Gasteiger partial charge in [-0.1, -0.05) is 0 Å². The molecule has 2 nitrogen and oxygen atoms in total. The van der Waals surface area contributed by atoms with Crippen LogP contribution in [0.15, 0.2) is 90.5 Å². The van der Waals surface area contributed by atoms with E-state index in [1.165, 1.54) is 81.4 Å². The van der Waals surface area contributed by atoms with Crippen LogP contribution in [0.1, 0.15) is 100 Å². The minimum Gasteiger partial charge on any atom is -0.147 e. The van der Waals surface area contributed by atoms with Crippen LogP contribution in [0, 0.1) is 5.82 Å². The molecule has 3 aliphatic rings. The van der Waals surface area contributed by atoms with Crippen LogP contribution in [-0.4, -0.2) is 25.6 Å². The van der Waals surface area contributed by atoms with Crippen LogP contribution in [0.4, 0.5) is 4.39 Å². The molecule has 1 heterocycles. The second-order valence-corrected chi connectivity index (χ2v) is 33.2. The smallest absolute Gasteiger partial charge is 0.147 e. The van der Waals surface area contributed by atoms with Gasteiger partial charge < -0.3 is 0 Å². The summed E-state index contributed by atoms with van der Waals surface area (Å²) >= 11 is -3.87. The first-order valence-electron chi connectivity index (χ1n) is 18.4. The van der Waals surface area contributed by atoms with Gasteiger partial charge in [0, 0.05) is 0 Å². The van der Waals surface area contributed by atoms with Gasteiger partial charge in [-0.05, 0) is 0 Å². The molecule has 4 aromatic carbocycles. The predicted molar refractivity (Wildman–Crippen MR) is 215 cm³/mol. The van der Waals surface area contributed by atoms with E-state index in [9.17, 15) is 0 Å². The maximum Gasteiger partial charge on any atom is -0.147 e. The Balaban J connectivity index is 0.00000243. The fourth-order valence-electron chi connectivity index (χ4n) is 9.51. The van der Waals surface area contributed by atoms with Gasteiger partial charge in [0.15, 0.2) is 0 Å². The van der Waals surface area contributed by atoms with Gasteiger partial charge in [0.25, 0.3) is 0 Å². The predicted octanol–water partition coefficient (Wildman–Crippen LogP) is 12.2. The van der Waals surface area contributed by atoms with Crippen molar-refractivity contribution >= 4 is 36.3 Å². The normalized spacial score (nSPS) is 17.9. The summed E-state index contributed by atoms with van der Waals surface area (Å²) in [6.45, 7) is 9.23. The number of fused-ring (bicyclic) bond motifs is 4. The van der Waals surface area contributed by atoms with E-state index in [4.69, 9.17) is 3.32 Å². The molecule has 50 heavy (non-hydrogen) atoms. The first kappa shape index (κ1) is 39.0. The van der Waals surface area contributed by atoms with Gasteiger partial charge in [0.2, 0.25) is 0 Å². The second kappa shape index (κ2) is 15.0. The zero-order valence-corrected chi connectivity index (χ0v) is 35.1. The molecule has 4 aromatic rings. The molecule has 266 valence electrons. The quantitative estimate of drug-likeness (QED) is 0.141. The maximum atomic E-state index is 15.3. The topological polar surface area (TPSA) is 12.5 Å². The Kier molecular flexibility index (Phi) is 11.8. The molecule has 1 atom stereocenters. The van der Waals surface area contributed by atoms with Crippen LogP contribution in [0.2, 0.25) is 10.5 Å². The molecule has 0 N–H and O–H groups in total. The summed E-state index contributed by atoms with van der Waals surface area (Å²) in [5.41, 5.74) is 11.7. The number of unbranched alkanes of at least 4 members (excludes halogenated alkanes) is 2. The van der Waals surface area contributed by atoms with Crippen LogP contribution in [-0.2, 0) is 19.8 Å². The third-order valence-corrected chi connectivity index (χ3v) is 18.4. The molecule has 0 bridgehead atoms. The monoisotopic (exact) mass is 765 g/mol. The summed E-state index contributed by atoms with van der Waals surface area (Å²) in [7, 11) is 2.10. The van der Waals surface area contributed by atoms with E-state index in [2.05, 4.69) is 110 Å². The van der Waals surface area contributed by atoms with Crippen molar-refractivity contribution in [3.05, 3.63) is 119 Å². The molecule has 0 spiro atoms. The Morgan fingerprint density at radius 1 is 0.780 bits per heavy atom. The van der Waals surface area contributed by atoms with E-state index in [0.717, 1.165) is 42.8 Å². The standard InChI is InChI=1S/C27H29FO.C14H16N.2CH3.2ClH.H2Si.Ti/c1-3-5-15-27(16-6-4-2)24-10-8-7-9-21(24)22-13-11-19(17-25(22)27)23-18-20(28)12-14-26(23)29;1-11-10-12-6-2-3-7-13(12)14(11)15-8-4-5-9-15;;;;;;/h7-14,17-18,29H,3-6,15-16H2,1-2H3;2-3,6-7,14H,4-5,8-9H2,1H3;2*1H3;2*1H;1H2;/q;;;;;;;+1/p-1. The summed E-state index contributed by atoms with van der Waals surface area (Å²) in [5, 5.41) is 4.81. The van der Waals surface area contributed by atoms with Crippen molar-refractivity contribution in [3.63, 3.8) is 0 Å². The summed E-state index contributed by atoms with van der Waals surface area (Å²) in [5.74, 6) is 0.581. The van der Waals surface area contributed by atoms with Gasteiger partial charge in [-0.25, -0.2) is 0 Å². The number of rotatable bonds is 11. The van der Waals surface area contributed by atoms with Crippen LogP contribution in [0.25, 0.3) is 26.1 Å². The molecule has 7 rings (SSSR count). The van der Waals surface area contributed by atoms with Gasteiger partial charge >= 0.3 is 292 Å². The van der Waals surface area contributed by atoms with Gasteiger partial charge in [-0.2, -0.15) is 0 Å². The minimum atomic E-state index is -3.87. The van der Waals surface area contributed by atoms with E-state index in [1.54, 1.807) is 12.1 Å². The van der Waals surface area contributed by atoms with Gasteiger partial charge in [0.05, 0.1) is 0 Å². The van der Waals surface area contributed by atoms with Gasteiger partial charge in [0.1, 0.15) is 0 Å². The molecule has 0 aromatic heterocycles. The fourth-order valence-corrected chi connectivity index (χ4v) is 17.4. The Morgan fingerprint density at radius 3 is 2.08 bits per heavy atom. The van der Waals surface area contributed by atoms with Crippen molar-refractivity contribution in [1.29, 1.82) is 0 Å². The molecule has 1 fully saturated rings. The van der Waals surface area contributed by atoms with Gasteiger partial charge in [-0.3, -0.25) is 0 Å². The van der Waals surface area contributed by atoms with E-state index < -0.39 is 14.4 Å². The molecule has 1 unspecified atom stereocenters. The fraction of sp³-hybridized carbons (Fsp3) is 0.395. The molecule has 1 aliphatic heterocycles. The first-order valence-corrected chi connectivity index (χ1v) is 27.0. The second-order valence-electron chi connectivity index (χ2n) is 15.7. The maximum absolute atomic E-state index is 15.3. The number of hydrogen-bond acceptors (Lipinski definition) is 2. The number of nitrogens with zero attached hydrogens (tertiary/aromatic N) is 1. The van der Waals surface area contributed by atoms with Crippen LogP contribution < -0.4 is 3.32 Å². The Bertz CT molecular complexity index is 1970. The Labute approximate surface area is 315 Å². The molecule has 0 amide bonds. The molecule has 2 aliphatic carbocycles. The van der Waals surface area contributed by atoms with Crippen LogP contribution in [0.5, 0.6) is 5.75 Å². The average Bonchev–Trinajstić information content (AvgIpc) is 3.77. The average molecular weight is 767 g/mol. The van der Waals surface area contributed by atoms with Crippen molar-refractivity contribution in [2.24, 2.45) is 0 Å². The number of benzene rings is 4. The van der Waals surface area contributed by atoms with Crippen LogP contribution in [0.3, 0.4) is 0 Å². The Hall–Kier alpha value is -2.18. The summed E-state index contributed by atoms with van der Waals surface area (Å²) in [6.07, 6.45) is 9.51. The first-order chi connectivity index (χ1) is 23.1. The molecular weight excluding hydrogens is 712 g/mol. The third kappa shape index (κ3) is 6.75. The third-order valence-electron chi connectivity index (χ3n) is 11.5. The molecule has 0 radical (unpaired) electrons. The molecular formula is C43H54Cl2FNOSiTi. The summed E-state index contributed by atoms with van der Waals surface area (Å²) in [4.78, 5) is 2.67. The van der Waals surface area contributed by atoms with Crippen molar-refractivity contribution in [2.75, 3.05) is 13.1 Å². The van der Waals surface area contributed by atoms with Crippen molar-refractivity contribution in [1.82, 2.24) is 4.90 Å². The zero-order valence-electron chi connectivity index (χ0n) is 30.5. The van der Waals surface area contributed by atoms with Crippen molar-refractivity contribution < 1.29 is 22.1 Å². The van der Waals surface area contributed by atoms with E-state index >= 15 is 4.39 Å². The molecule has 0 saturated carbocycles. The largest absolute Gasteiger partial charge is 0.147 e. The minimum absolute atomic E-state index is 0. The van der Waals surface area contributed by atoms with E-state index in [0.29, 0.717) is 6.04 Å². The number of likely N-dealkylation sites (tertiary alicyclic amines) is 1. The molecule has 1 saturated heterocycles. The SMILES string of the molecule is CCCCC1(CCCC)c2ccccc2-c2ccc(-c3cc(F)ccc3[O][Ti]([CH3])([CH3])(=[SiH2])[C]3=C(C)C(N4CCCC4)c4ccccc43)cc21.Cl.Cl. The van der Waals surface area contributed by atoms with Crippen LogP contribution >= 0.6 is 24.8 Å².